The van der Waals surface area contributed by atoms with E-state index in [4.69, 9.17) is 9.15 Å². The van der Waals surface area contributed by atoms with Crippen LogP contribution in [0.1, 0.15) is 28.3 Å². The molecule has 0 saturated carbocycles. The highest BCUT2D eigenvalue weighted by atomic mass is 16.5. The van der Waals surface area contributed by atoms with Gasteiger partial charge in [-0.3, -0.25) is 9.79 Å². The lowest BCUT2D eigenvalue weighted by molar-refractivity contribution is -0.117. The number of aryl methyl sites for hydroxylation is 1. The number of aliphatic imine (C=N–C) groups is 1. The second-order valence-corrected chi connectivity index (χ2v) is 6.49. The van der Waals surface area contributed by atoms with Crippen LogP contribution >= 0.6 is 0 Å². The Labute approximate surface area is 163 Å². The number of rotatable bonds is 5. The third kappa shape index (κ3) is 4.33. The van der Waals surface area contributed by atoms with E-state index in [1.807, 2.05) is 30.3 Å². The largest absolute Gasteiger partial charge is 0.465 e. The number of para-hydroxylation sites is 1. The third-order valence-electron chi connectivity index (χ3n) is 4.56. The van der Waals surface area contributed by atoms with Gasteiger partial charge in [-0.1, -0.05) is 18.2 Å². The van der Waals surface area contributed by atoms with Crippen LogP contribution in [-0.4, -0.2) is 44.6 Å². The van der Waals surface area contributed by atoms with E-state index in [1.165, 1.54) is 7.11 Å². The molecular weight excluding hydrogens is 360 g/mol. The number of esters is 1. The van der Waals surface area contributed by atoms with Gasteiger partial charge in [0.05, 0.1) is 19.7 Å². The lowest BCUT2D eigenvalue weighted by atomic mass is 10.2. The first-order valence-electron chi connectivity index (χ1n) is 9.02. The Kier molecular flexibility index (Phi) is 5.98. The third-order valence-corrected chi connectivity index (χ3v) is 4.56. The number of methoxy groups -OCH3 is 1. The molecule has 0 bridgehead atoms. The quantitative estimate of drug-likeness (QED) is 0.464. The summed E-state index contributed by atoms with van der Waals surface area (Å²) in [5.74, 6) is 1.30. The van der Waals surface area contributed by atoms with Crippen molar-refractivity contribution >= 4 is 23.5 Å². The number of amides is 1. The molecule has 28 heavy (non-hydrogen) atoms. The van der Waals surface area contributed by atoms with Crippen molar-refractivity contribution < 1.29 is 18.7 Å². The molecule has 1 saturated heterocycles. The molecule has 1 amide bonds. The summed E-state index contributed by atoms with van der Waals surface area (Å²) in [6, 6.07) is 11.2. The number of hydrogen-bond acceptors (Lipinski definition) is 5. The maximum absolute atomic E-state index is 12.3. The Morgan fingerprint density at radius 2 is 2.11 bits per heavy atom. The van der Waals surface area contributed by atoms with Crippen molar-refractivity contribution in [3.8, 4) is 0 Å². The molecule has 8 heteroatoms. The van der Waals surface area contributed by atoms with E-state index in [1.54, 1.807) is 24.9 Å². The van der Waals surface area contributed by atoms with Crippen LogP contribution in [0.15, 0.2) is 45.8 Å². The molecule has 2 N–H and O–H groups in total. The summed E-state index contributed by atoms with van der Waals surface area (Å²) in [7, 11) is 2.99. The van der Waals surface area contributed by atoms with Gasteiger partial charge in [-0.25, -0.2) is 4.79 Å². The monoisotopic (exact) mass is 384 g/mol. The fourth-order valence-corrected chi connectivity index (χ4v) is 3.16. The maximum Gasteiger partial charge on any atom is 0.341 e. The summed E-state index contributed by atoms with van der Waals surface area (Å²) in [6.45, 7) is 2.63. The molecule has 1 fully saturated rings. The summed E-state index contributed by atoms with van der Waals surface area (Å²) in [4.78, 5) is 30.0. The minimum absolute atomic E-state index is 0.0529. The molecule has 148 valence electrons. The van der Waals surface area contributed by atoms with Gasteiger partial charge in [-0.2, -0.15) is 0 Å². The number of hydrogen-bond donors (Lipinski definition) is 2. The van der Waals surface area contributed by atoms with Gasteiger partial charge in [0.2, 0.25) is 5.91 Å². The number of carbonyl (C=O) groups is 2. The van der Waals surface area contributed by atoms with Crippen LogP contribution in [0.2, 0.25) is 0 Å². The minimum atomic E-state index is -0.430. The van der Waals surface area contributed by atoms with E-state index in [-0.39, 0.29) is 11.9 Å². The van der Waals surface area contributed by atoms with Crippen molar-refractivity contribution in [1.82, 2.24) is 10.6 Å². The normalized spacial score (nSPS) is 17.0. The van der Waals surface area contributed by atoms with Gasteiger partial charge in [0.15, 0.2) is 5.96 Å². The molecule has 1 atom stereocenters. The minimum Gasteiger partial charge on any atom is -0.465 e. The fourth-order valence-electron chi connectivity index (χ4n) is 3.16. The number of anilines is 1. The Hall–Kier alpha value is -3.29. The molecule has 1 aliphatic rings. The summed E-state index contributed by atoms with van der Waals surface area (Å²) >= 11 is 0. The molecule has 1 aromatic carbocycles. The van der Waals surface area contributed by atoms with Gasteiger partial charge in [0.1, 0.15) is 17.1 Å². The topological polar surface area (TPSA) is 96.2 Å². The van der Waals surface area contributed by atoms with Crippen molar-refractivity contribution in [3.05, 3.63) is 53.5 Å². The fraction of sp³-hybridized carbons (Fsp3) is 0.350. The molecule has 1 unspecified atom stereocenters. The number of benzene rings is 1. The molecule has 1 aliphatic heterocycles. The van der Waals surface area contributed by atoms with Crippen LogP contribution in [0.5, 0.6) is 0 Å². The Morgan fingerprint density at radius 1 is 1.36 bits per heavy atom. The van der Waals surface area contributed by atoms with Crippen LogP contribution in [-0.2, 0) is 16.1 Å². The molecule has 2 aromatic rings. The van der Waals surface area contributed by atoms with Gasteiger partial charge >= 0.3 is 5.97 Å². The standard InChI is InChI=1S/C20H24N4O4/c1-13-17(19(26)27-3)10-16(28-13)11-22-20(21-2)23-14-9-18(25)24(12-14)15-7-5-4-6-8-15/h4-8,10,14H,9,11-12H2,1-3H3,(H2,21,22,23). The lowest BCUT2D eigenvalue weighted by Gasteiger charge is -2.18. The molecule has 0 aliphatic carbocycles. The van der Waals surface area contributed by atoms with Gasteiger partial charge in [0.25, 0.3) is 0 Å². The predicted octanol–water partition coefficient (Wildman–Crippen LogP) is 1.85. The number of furan rings is 1. The van der Waals surface area contributed by atoms with E-state index in [0.29, 0.717) is 42.6 Å². The maximum atomic E-state index is 12.3. The van der Waals surface area contributed by atoms with Crippen LogP contribution in [0.4, 0.5) is 5.69 Å². The Morgan fingerprint density at radius 3 is 2.79 bits per heavy atom. The SMILES string of the molecule is CN=C(NCc1cc(C(=O)OC)c(C)o1)NC1CC(=O)N(c2ccccc2)C1. The lowest BCUT2D eigenvalue weighted by Crippen LogP contribution is -2.44. The van der Waals surface area contributed by atoms with Crippen LogP contribution in [0, 0.1) is 6.92 Å². The number of nitrogens with one attached hydrogen (secondary N) is 2. The second-order valence-electron chi connectivity index (χ2n) is 6.49. The predicted molar refractivity (Wildman–Crippen MR) is 105 cm³/mol. The Bertz CT molecular complexity index is 876. The average Bonchev–Trinajstić information content (AvgIpc) is 3.27. The summed E-state index contributed by atoms with van der Waals surface area (Å²) in [5.41, 5.74) is 1.29. The Balaban J connectivity index is 1.57. The summed E-state index contributed by atoms with van der Waals surface area (Å²) in [5, 5.41) is 6.41. The highest BCUT2D eigenvalue weighted by Crippen LogP contribution is 2.21. The molecule has 1 aromatic heterocycles. The molecule has 2 heterocycles. The highest BCUT2D eigenvalue weighted by Gasteiger charge is 2.31. The van der Waals surface area contributed by atoms with Gasteiger partial charge in [-0.15, -0.1) is 0 Å². The number of ether oxygens (including phenoxy) is 1. The molecule has 8 nitrogen and oxygen atoms in total. The zero-order valence-electron chi connectivity index (χ0n) is 16.2. The van der Waals surface area contributed by atoms with E-state index < -0.39 is 5.97 Å². The smallest absolute Gasteiger partial charge is 0.341 e. The molecule has 3 rings (SSSR count). The zero-order chi connectivity index (χ0) is 20.1. The van der Waals surface area contributed by atoms with E-state index >= 15 is 0 Å². The summed E-state index contributed by atoms with van der Waals surface area (Å²) < 4.78 is 10.3. The van der Waals surface area contributed by atoms with Crippen molar-refractivity contribution in [2.24, 2.45) is 4.99 Å². The van der Waals surface area contributed by atoms with Crippen molar-refractivity contribution in [2.75, 3.05) is 25.6 Å². The van der Waals surface area contributed by atoms with Gasteiger partial charge in [-0.05, 0) is 25.1 Å². The van der Waals surface area contributed by atoms with E-state index in [0.717, 1.165) is 5.69 Å². The second kappa shape index (κ2) is 8.60. The zero-order valence-corrected chi connectivity index (χ0v) is 16.2. The van der Waals surface area contributed by atoms with Crippen LogP contribution < -0.4 is 15.5 Å². The average molecular weight is 384 g/mol. The first-order chi connectivity index (χ1) is 13.5. The number of carbonyl (C=O) groups excluding carboxylic acids is 2. The molecule has 0 spiro atoms. The number of nitrogens with zero attached hydrogens (tertiary/aromatic N) is 2. The van der Waals surface area contributed by atoms with Crippen LogP contribution in [0.25, 0.3) is 0 Å². The number of guanidine groups is 1. The summed E-state index contributed by atoms with van der Waals surface area (Å²) in [6.07, 6.45) is 0.391. The van der Waals surface area contributed by atoms with Crippen molar-refractivity contribution in [2.45, 2.75) is 25.9 Å². The van der Waals surface area contributed by atoms with Gasteiger partial charge < -0.3 is 24.7 Å². The first-order valence-corrected chi connectivity index (χ1v) is 9.02. The van der Waals surface area contributed by atoms with Crippen LogP contribution in [0.3, 0.4) is 0 Å². The first kappa shape index (κ1) is 19.5. The van der Waals surface area contributed by atoms with E-state index in [9.17, 15) is 9.59 Å². The van der Waals surface area contributed by atoms with E-state index in [2.05, 4.69) is 15.6 Å². The van der Waals surface area contributed by atoms with Crippen molar-refractivity contribution in [3.63, 3.8) is 0 Å². The molecule has 0 radical (unpaired) electrons. The molecular formula is C20H24N4O4. The van der Waals surface area contributed by atoms with Gasteiger partial charge in [0, 0.05) is 25.7 Å². The van der Waals surface area contributed by atoms with Crippen molar-refractivity contribution in [1.29, 1.82) is 0 Å². The highest BCUT2D eigenvalue weighted by molar-refractivity contribution is 5.97.